The van der Waals surface area contributed by atoms with Crippen molar-refractivity contribution in [2.24, 2.45) is 0 Å². The van der Waals surface area contributed by atoms with Crippen LogP contribution in [0.3, 0.4) is 0 Å². The minimum Gasteiger partial charge on any atom is -0.481 e. The van der Waals surface area contributed by atoms with E-state index in [9.17, 15) is 0 Å². The van der Waals surface area contributed by atoms with Gasteiger partial charge in [0.25, 0.3) is 0 Å². The van der Waals surface area contributed by atoms with Gasteiger partial charge in [-0.1, -0.05) is 24.1 Å². The molecule has 0 spiro atoms. The van der Waals surface area contributed by atoms with E-state index in [1.54, 1.807) is 7.11 Å². The third-order valence-corrected chi connectivity index (χ3v) is 4.13. The highest BCUT2D eigenvalue weighted by Gasteiger charge is 2.18. The summed E-state index contributed by atoms with van der Waals surface area (Å²) in [5, 5.41) is 5.34. The molecule has 1 saturated heterocycles. The molecule has 1 fully saturated rings. The number of aromatic nitrogens is 1. The summed E-state index contributed by atoms with van der Waals surface area (Å²) in [6.45, 7) is 1.07. The second-order valence-electron chi connectivity index (χ2n) is 4.89. The molecule has 1 aromatic carbocycles. The molecule has 0 amide bonds. The van der Waals surface area contributed by atoms with E-state index in [4.69, 9.17) is 16.3 Å². The van der Waals surface area contributed by atoms with E-state index in [0.29, 0.717) is 11.9 Å². The first kappa shape index (κ1) is 12.7. The Morgan fingerprint density at radius 1 is 1.26 bits per heavy atom. The molecule has 1 aliphatic rings. The predicted molar refractivity (Wildman–Crippen MR) is 77.9 cm³/mol. The molecule has 3 nitrogen and oxygen atoms in total. The third-order valence-electron chi connectivity index (χ3n) is 3.70. The maximum Gasteiger partial charge on any atom is 0.213 e. The zero-order valence-corrected chi connectivity index (χ0v) is 11.7. The monoisotopic (exact) mass is 276 g/mol. The van der Waals surface area contributed by atoms with Crippen molar-refractivity contribution in [1.29, 1.82) is 0 Å². The molecule has 2 aromatic rings. The number of halogens is 1. The smallest absolute Gasteiger partial charge is 0.213 e. The van der Waals surface area contributed by atoms with Crippen molar-refractivity contribution < 1.29 is 4.74 Å². The number of benzene rings is 1. The van der Waals surface area contributed by atoms with Gasteiger partial charge in [0.1, 0.15) is 0 Å². The summed E-state index contributed by atoms with van der Waals surface area (Å²) in [7, 11) is 1.62. The molecule has 1 N–H and O–H groups in total. The zero-order chi connectivity index (χ0) is 13.2. The SMILES string of the molecule is COc1ccc2c(Cl)c(C3CCCCN3)ccc2n1. The average Bonchev–Trinajstić information content (AvgIpc) is 2.48. The van der Waals surface area contributed by atoms with E-state index < -0.39 is 0 Å². The highest BCUT2D eigenvalue weighted by molar-refractivity contribution is 6.36. The van der Waals surface area contributed by atoms with Gasteiger partial charge >= 0.3 is 0 Å². The Hall–Kier alpha value is -1.32. The molecule has 0 saturated carbocycles. The second kappa shape index (κ2) is 5.35. The summed E-state index contributed by atoms with van der Waals surface area (Å²) in [6.07, 6.45) is 3.65. The van der Waals surface area contributed by atoms with Crippen molar-refractivity contribution in [1.82, 2.24) is 10.3 Å². The summed E-state index contributed by atoms with van der Waals surface area (Å²) >= 11 is 6.55. The van der Waals surface area contributed by atoms with E-state index in [0.717, 1.165) is 28.9 Å². The van der Waals surface area contributed by atoms with Gasteiger partial charge in [-0.3, -0.25) is 0 Å². The fourth-order valence-corrected chi connectivity index (χ4v) is 3.02. The van der Waals surface area contributed by atoms with Gasteiger partial charge < -0.3 is 10.1 Å². The molecule has 0 aliphatic carbocycles. The molecular weight excluding hydrogens is 260 g/mol. The van der Waals surface area contributed by atoms with Gasteiger partial charge in [-0.25, -0.2) is 4.98 Å². The van der Waals surface area contributed by atoms with Gasteiger partial charge in [0.05, 0.1) is 17.6 Å². The largest absolute Gasteiger partial charge is 0.481 e. The molecule has 0 radical (unpaired) electrons. The van der Waals surface area contributed by atoms with Crippen molar-refractivity contribution in [3.05, 3.63) is 34.9 Å². The van der Waals surface area contributed by atoms with Crippen LogP contribution in [0.25, 0.3) is 10.9 Å². The van der Waals surface area contributed by atoms with Crippen molar-refractivity contribution in [3.8, 4) is 5.88 Å². The normalized spacial score (nSPS) is 19.6. The van der Waals surface area contributed by atoms with E-state index in [-0.39, 0.29) is 0 Å². The Morgan fingerprint density at radius 3 is 2.89 bits per heavy atom. The molecule has 4 heteroatoms. The van der Waals surface area contributed by atoms with Crippen LogP contribution in [0.4, 0.5) is 0 Å². The Labute approximate surface area is 117 Å². The number of nitrogens with one attached hydrogen (secondary N) is 1. The van der Waals surface area contributed by atoms with Gasteiger partial charge in [0, 0.05) is 17.5 Å². The van der Waals surface area contributed by atoms with E-state index >= 15 is 0 Å². The number of fused-ring (bicyclic) bond motifs is 1. The van der Waals surface area contributed by atoms with Gasteiger partial charge in [0.15, 0.2) is 0 Å². The van der Waals surface area contributed by atoms with E-state index in [2.05, 4.69) is 16.4 Å². The van der Waals surface area contributed by atoms with Crippen LogP contribution in [-0.2, 0) is 0 Å². The summed E-state index contributed by atoms with van der Waals surface area (Å²) in [4.78, 5) is 4.41. The number of ether oxygens (including phenoxy) is 1. The van der Waals surface area contributed by atoms with Crippen LogP contribution in [-0.4, -0.2) is 18.6 Å². The first-order valence-electron chi connectivity index (χ1n) is 6.66. The maximum absolute atomic E-state index is 6.55. The Kier molecular flexibility index (Phi) is 3.58. The maximum atomic E-state index is 6.55. The summed E-state index contributed by atoms with van der Waals surface area (Å²) in [5.74, 6) is 0.618. The van der Waals surface area contributed by atoms with Gasteiger partial charge in [0.2, 0.25) is 5.88 Å². The first-order valence-corrected chi connectivity index (χ1v) is 7.04. The molecule has 19 heavy (non-hydrogen) atoms. The Balaban J connectivity index is 2.05. The van der Waals surface area contributed by atoms with Crippen LogP contribution in [0.15, 0.2) is 24.3 Å². The zero-order valence-electron chi connectivity index (χ0n) is 10.9. The van der Waals surface area contributed by atoms with Gasteiger partial charge in [-0.15, -0.1) is 0 Å². The topological polar surface area (TPSA) is 34.1 Å². The van der Waals surface area contributed by atoms with Crippen LogP contribution in [0.5, 0.6) is 5.88 Å². The molecule has 2 heterocycles. The predicted octanol–water partition coefficient (Wildman–Crippen LogP) is 3.71. The van der Waals surface area contributed by atoms with Gasteiger partial charge in [-0.2, -0.15) is 0 Å². The number of piperidine rings is 1. The fourth-order valence-electron chi connectivity index (χ4n) is 2.67. The van der Waals surface area contributed by atoms with E-state index in [1.807, 2.05) is 18.2 Å². The quantitative estimate of drug-likeness (QED) is 0.908. The van der Waals surface area contributed by atoms with Crippen molar-refractivity contribution in [2.45, 2.75) is 25.3 Å². The highest BCUT2D eigenvalue weighted by atomic mass is 35.5. The Morgan fingerprint density at radius 2 is 2.16 bits per heavy atom. The summed E-state index contributed by atoms with van der Waals surface area (Å²) in [5.41, 5.74) is 2.06. The lowest BCUT2D eigenvalue weighted by molar-refractivity contribution is 0.399. The number of pyridine rings is 1. The van der Waals surface area contributed by atoms with Crippen LogP contribution in [0.2, 0.25) is 5.02 Å². The highest BCUT2D eigenvalue weighted by Crippen LogP contribution is 2.34. The number of hydrogen-bond donors (Lipinski definition) is 1. The molecule has 100 valence electrons. The van der Waals surface area contributed by atoms with Crippen molar-refractivity contribution in [3.63, 3.8) is 0 Å². The van der Waals surface area contributed by atoms with Crippen LogP contribution in [0, 0.1) is 0 Å². The molecule has 1 unspecified atom stereocenters. The lowest BCUT2D eigenvalue weighted by Crippen LogP contribution is -2.26. The lowest BCUT2D eigenvalue weighted by atomic mass is 9.96. The van der Waals surface area contributed by atoms with E-state index in [1.165, 1.54) is 18.4 Å². The second-order valence-corrected chi connectivity index (χ2v) is 5.27. The fraction of sp³-hybridized carbons (Fsp3) is 0.400. The average molecular weight is 277 g/mol. The molecular formula is C15H17ClN2O. The summed E-state index contributed by atoms with van der Waals surface area (Å²) < 4.78 is 5.14. The molecule has 3 rings (SSSR count). The number of hydrogen-bond acceptors (Lipinski definition) is 3. The number of rotatable bonds is 2. The molecule has 1 aromatic heterocycles. The summed E-state index contributed by atoms with van der Waals surface area (Å²) in [6, 6.07) is 8.31. The third kappa shape index (κ3) is 2.40. The lowest BCUT2D eigenvalue weighted by Gasteiger charge is -2.25. The van der Waals surface area contributed by atoms with Gasteiger partial charge in [-0.05, 0) is 37.1 Å². The number of methoxy groups -OCH3 is 1. The van der Waals surface area contributed by atoms with Crippen LogP contribution >= 0.6 is 11.6 Å². The standard InChI is InChI=1S/C15H17ClN2O/c1-19-14-8-6-11-13(18-14)7-5-10(15(11)16)12-4-2-3-9-17-12/h5-8,12,17H,2-4,9H2,1H3. The molecule has 0 bridgehead atoms. The number of nitrogens with zero attached hydrogens (tertiary/aromatic N) is 1. The first-order chi connectivity index (χ1) is 9.29. The minimum atomic E-state index is 0.368. The Bertz CT molecular complexity index is 594. The van der Waals surface area contributed by atoms with Crippen LogP contribution < -0.4 is 10.1 Å². The van der Waals surface area contributed by atoms with Crippen molar-refractivity contribution in [2.75, 3.05) is 13.7 Å². The molecule has 1 atom stereocenters. The van der Waals surface area contributed by atoms with Crippen molar-refractivity contribution >= 4 is 22.5 Å². The van der Waals surface area contributed by atoms with Crippen LogP contribution in [0.1, 0.15) is 30.9 Å². The molecule has 1 aliphatic heterocycles. The minimum absolute atomic E-state index is 0.368.